The average Bonchev–Trinajstić information content (AvgIpc) is 1.99. The van der Waals surface area contributed by atoms with Crippen LogP contribution in [0.1, 0.15) is 22.3 Å². The van der Waals surface area contributed by atoms with Crippen molar-refractivity contribution in [2.75, 3.05) is 6.16 Å². The smallest absolute Gasteiger partial charge is 0.253 e. The molecule has 0 radical (unpaired) electrons. The molecule has 0 N–H and O–H groups in total. The molecule has 0 unspecified atom stereocenters. The summed E-state index contributed by atoms with van der Waals surface area (Å²) in [6.45, 7) is 6.18. The second-order valence-corrected chi connectivity index (χ2v) is 9.30. The Hall–Kier alpha value is 0.0300. The molecule has 0 saturated carbocycles. The van der Waals surface area contributed by atoms with Crippen LogP contribution in [-0.4, -0.2) is 6.16 Å². The average molecular weight is 265 g/mol. The molecular weight excluding hydrogens is 250 g/mol. The van der Waals surface area contributed by atoms with Gasteiger partial charge in [0.2, 0.25) is 0 Å². The lowest BCUT2D eigenvalue weighted by molar-refractivity contribution is 0.592. The van der Waals surface area contributed by atoms with E-state index in [0.717, 1.165) is 0 Å². The van der Waals surface area contributed by atoms with Crippen molar-refractivity contribution in [2.24, 2.45) is 0 Å². The number of benzene rings is 1. The minimum Gasteiger partial charge on any atom is -0.289 e. The molecule has 0 heterocycles. The molecule has 1 aromatic rings. The van der Waals surface area contributed by atoms with Crippen LogP contribution < -0.4 is 0 Å². The minimum atomic E-state index is -2.94. The van der Waals surface area contributed by atoms with Crippen molar-refractivity contribution in [1.29, 1.82) is 0 Å². The maximum atomic E-state index is 11.2. The molecule has 4 heteroatoms. The third-order valence-corrected chi connectivity index (χ3v) is 4.22. The number of halogens is 2. The van der Waals surface area contributed by atoms with E-state index in [1.54, 1.807) is 0 Å². The van der Waals surface area contributed by atoms with Crippen LogP contribution in [0.3, 0.4) is 0 Å². The Morgan fingerprint density at radius 3 is 2.00 bits per heavy atom. The van der Waals surface area contributed by atoms with Crippen molar-refractivity contribution in [2.45, 2.75) is 27.2 Å². The first kappa shape index (κ1) is 13.1. The predicted molar refractivity (Wildman–Crippen MR) is 68.5 cm³/mol. The molecule has 0 aliphatic carbocycles. The second kappa shape index (κ2) is 4.91. The van der Waals surface area contributed by atoms with Gasteiger partial charge in [-0.1, -0.05) is 17.7 Å². The van der Waals surface area contributed by atoms with Gasteiger partial charge in [0.15, 0.2) is 0 Å². The van der Waals surface area contributed by atoms with E-state index in [9.17, 15) is 4.57 Å². The van der Waals surface area contributed by atoms with E-state index in [1.165, 1.54) is 22.3 Å². The summed E-state index contributed by atoms with van der Waals surface area (Å²) in [5, 5.41) is 0. The van der Waals surface area contributed by atoms with E-state index >= 15 is 0 Å². The first-order chi connectivity index (χ1) is 6.79. The number of rotatable bonds is 3. The molecule has 0 bridgehead atoms. The highest BCUT2D eigenvalue weighted by atomic mass is 35.9. The lowest BCUT2D eigenvalue weighted by Crippen LogP contribution is -1.97. The number of hydrogen-bond donors (Lipinski definition) is 0. The minimum absolute atomic E-state index is 0.348. The van der Waals surface area contributed by atoms with Crippen molar-refractivity contribution < 1.29 is 4.57 Å². The fourth-order valence-corrected chi connectivity index (χ4v) is 2.84. The lowest BCUT2D eigenvalue weighted by atomic mass is 9.98. The van der Waals surface area contributed by atoms with Gasteiger partial charge in [-0.15, -0.1) is 0 Å². The number of hydrogen-bond acceptors (Lipinski definition) is 1. The highest BCUT2D eigenvalue weighted by Gasteiger charge is 2.15. The first-order valence-electron chi connectivity index (χ1n) is 4.85. The van der Waals surface area contributed by atoms with Crippen LogP contribution in [0.15, 0.2) is 12.1 Å². The lowest BCUT2D eigenvalue weighted by Gasteiger charge is -2.11. The van der Waals surface area contributed by atoms with Gasteiger partial charge < -0.3 is 0 Å². The van der Waals surface area contributed by atoms with E-state index in [-0.39, 0.29) is 0 Å². The SMILES string of the molecule is Cc1cc(C)c(CCP(=O)(Cl)Cl)c(C)c1. The molecule has 1 rings (SSSR count). The Labute approximate surface area is 101 Å². The molecule has 0 saturated heterocycles. The molecule has 0 amide bonds. The fraction of sp³-hybridized carbons (Fsp3) is 0.455. The quantitative estimate of drug-likeness (QED) is 0.715. The van der Waals surface area contributed by atoms with Crippen LogP contribution in [0.25, 0.3) is 0 Å². The zero-order valence-electron chi connectivity index (χ0n) is 9.18. The molecule has 84 valence electrons. The molecule has 0 atom stereocenters. The first-order valence-corrected chi connectivity index (χ1v) is 8.55. The highest BCUT2D eigenvalue weighted by molar-refractivity contribution is 8.08. The summed E-state index contributed by atoms with van der Waals surface area (Å²) in [4.78, 5) is 0. The van der Waals surface area contributed by atoms with Gasteiger partial charge in [0.25, 0.3) is 5.85 Å². The summed E-state index contributed by atoms with van der Waals surface area (Å²) in [7, 11) is 0. The maximum absolute atomic E-state index is 11.2. The normalized spacial score (nSPS) is 11.8. The van der Waals surface area contributed by atoms with Gasteiger partial charge in [-0.05, 0) is 66.4 Å². The molecule has 1 nitrogen and oxygen atoms in total. The molecule has 0 aliphatic heterocycles. The predicted octanol–water partition coefficient (Wildman–Crippen LogP) is 4.83. The van der Waals surface area contributed by atoms with E-state index in [0.29, 0.717) is 12.6 Å². The Bertz CT molecular complexity index is 386. The van der Waals surface area contributed by atoms with Crippen LogP contribution in [0, 0.1) is 20.8 Å². The second-order valence-electron chi connectivity index (χ2n) is 3.92. The van der Waals surface area contributed by atoms with Crippen molar-refractivity contribution in [1.82, 2.24) is 0 Å². The third-order valence-electron chi connectivity index (χ3n) is 2.46. The van der Waals surface area contributed by atoms with E-state index in [4.69, 9.17) is 22.5 Å². The third kappa shape index (κ3) is 4.18. The van der Waals surface area contributed by atoms with E-state index in [1.807, 2.05) is 0 Å². The molecule has 0 spiro atoms. The largest absolute Gasteiger partial charge is 0.289 e. The Morgan fingerprint density at radius 1 is 1.13 bits per heavy atom. The molecule has 0 aliphatic rings. The van der Waals surface area contributed by atoms with Crippen LogP contribution in [0.5, 0.6) is 0 Å². The summed E-state index contributed by atoms with van der Waals surface area (Å²) in [5.41, 5.74) is 4.89. The molecule has 0 aromatic heterocycles. The summed E-state index contributed by atoms with van der Waals surface area (Å²) < 4.78 is 11.2. The van der Waals surface area contributed by atoms with Crippen LogP contribution >= 0.6 is 28.3 Å². The Kier molecular flexibility index (Phi) is 4.29. The summed E-state index contributed by atoms with van der Waals surface area (Å²) in [6.07, 6.45) is 1.03. The molecule has 15 heavy (non-hydrogen) atoms. The van der Waals surface area contributed by atoms with E-state index < -0.39 is 5.85 Å². The maximum Gasteiger partial charge on any atom is 0.253 e. The monoisotopic (exact) mass is 264 g/mol. The van der Waals surface area contributed by atoms with Gasteiger partial charge in [0.1, 0.15) is 0 Å². The van der Waals surface area contributed by atoms with Crippen LogP contribution in [-0.2, 0) is 11.0 Å². The van der Waals surface area contributed by atoms with Crippen molar-refractivity contribution in [3.8, 4) is 0 Å². The molecule has 1 aromatic carbocycles. The van der Waals surface area contributed by atoms with Gasteiger partial charge in [-0.2, -0.15) is 0 Å². The number of aryl methyl sites for hydroxylation is 3. The van der Waals surface area contributed by atoms with Gasteiger partial charge in [0, 0.05) is 6.16 Å². The molecular formula is C11H15Cl2OP. The van der Waals surface area contributed by atoms with Gasteiger partial charge >= 0.3 is 0 Å². The topological polar surface area (TPSA) is 17.1 Å². The fourth-order valence-electron chi connectivity index (χ4n) is 1.85. The summed E-state index contributed by atoms with van der Waals surface area (Å²) in [5.74, 6) is -2.94. The Balaban J connectivity index is 2.91. The summed E-state index contributed by atoms with van der Waals surface area (Å²) >= 11 is 11.1. The van der Waals surface area contributed by atoms with Gasteiger partial charge in [-0.3, -0.25) is 4.57 Å². The van der Waals surface area contributed by atoms with Crippen LogP contribution in [0.2, 0.25) is 0 Å². The Morgan fingerprint density at radius 2 is 1.60 bits per heavy atom. The van der Waals surface area contributed by atoms with Crippen molar-refractivity contribution in [3.05, 3.63) is 34.4 Å². The zero-order valence-corrected chi connectivity index (χ0v) is 11.6. The van der Waals surface area contributed by atoms with Crippen molar-refractivity contribution in [3.63, 3.8) is 0 Å². The van der Waals surface area contributed by atoms with Crippen LogP contribution in [0.4, 0.5) is 0 Å². The van der Waals surface area contributed by atoms with Gasteiger partial charge in [0.05, 0.1) is 0 Å². The molecule has 0 fully saturated rings. The highest BCUT2D eigenvalue weighted by Crippen LogP contribution is 2.56. The zero-order chi connectivity index (χ0) is 11.6. The summed E-state index contributed by atoms with van der Waals surface area (Å²) in [6, 6.07) is 4.24. The van der Waals surface area contributed by atoms with Crippen molar-refractivity contribution >= 4 is 28.3 Å². The standard InChI is InChI=1S/C11H15Cl2OP/c1-8-6-9(2)11(10(3)7-8)4-5-15(12,13)14/h6-7H,4-5H2,1-3H3. The van der Waals surface area contributed by atoms with E-state index in [2.05, 4.69) is 32.9 Å². The van der Waals surface area contributed by atoms with Gasteiger partial charge in [-0.25, -0.2) is 0 Å².